The summed E-state index contributed by atoms with van der Waals surface area (Å²) < 4.78 is 2.32. The van der Waals surface area contributed by atoms with Crippen molar-refractivity contribution in [2.75, 3.05) is 0 Å². The van der Waals surface area contributed by atoms with Crippen molar-refractivity contribution < 1.29 is 0 Å². The third kappa shape index (κ3) is 2.16. The second kappa shape index (κ2) is 4.75. The Morgan fingerprint density at radius 1 is 1.39 bits per heavy atom. The minimum absolute atomic E-state index is 0.614. The lowest BCUT2D eigenvalue weighted by Crippen LogP contribution is -2.15. The highest BCUT2D eigenvalue weighted by molar-refractivity contribution is 5.84. The Bertz CT molecular complexity index is 552. The van der Waals surface area contributed by atoms with Gasteiger partial charge in [-0.1, -0.05) is 6.07 Å². The van der Waals surface area contributed by atoms with Crippen molar-refractivity contribution in [2.24, 2.45) is 5.73 Å². The SMILES string of the molecule is CCn1cc(CNC2CC2)c2cc(CN)ccc21. The Balaban J connectivity index is 1.98. The van der Waals surface area contributed by atoms with Crippen molar-refractivity contribution in [1.82, 2.24) is 9.88 Å². The smallest absolute Gasteiger partial charge is 0.0483 e. The molecule has 2 aromatic rings. The van der Waals surface area contributed by atoms with E-state index in [0.29, 0.717) is 6.54 Å². The maximum absolute atomic E-state index is 5.74. The first-order valence-electron chi connectivity index (χ1n) is 6.86. The zero-order valence-electron chi connectivity index (χ0n) is 10.9. The van der Waals surface area contributed by atoms with Gasteiger partial charge >= 0.3 is 0 Å². The molecule has 0 saturated heterocycles. The fourth-order valence-electron chi connectivity index (χ4n) is 2.49. The van der Waals surface area contributed by atoms with E-state index in [1.54, 1.807) is 0 Å². The van der Waals surface area contributed by atoms with Crippen LogP contribution < -0.4 is 11.1 Å². The van der Waals surface area contributed by atoms with Crippen molar-refractivity contribution in [3.63, 3.8) is 0 Å². The van der Waals surface area contributed by atoms with Gasteiger partial charge in [-0.2, -0.15) is 0 Å². The van der Waals surface area contributed by atoms with Gasteiger partial charge in [0.15, 0.2) is 0 Å². The summed E-state index contributed by atoms with van der Waals surface area (Å²) in [5.41, 5.74) is 9.67. The molecule has 0 unspecified atom stereocenters. The Morgan fingerprint density at radius 2 is 2.22 bits per heavy atom. The van der Waals surface area contributed by atoms with E-state index < -0.39 is 0 Å². The molecule has 1 aliphatic carbocycles. The topological polar surface area (TPSA) is 43.0 Å². The van der Waals surface area contributed by atoms with Crippen LogP contribution in [0, 0.1) is 0 Å². The molecule has 96 valence electrons. The first-order valence-corrected chi connectivity index (χ1v) is 6.86. The normalized spacial score (nSPS) is 15.4. The van der Waals surface area contributed by atoms with Crippen molar-refractivity contribution in [3.05, 3.63) is 35.5 Å². The van der Waals surface area contributed by atoms with Crippen LogP contribution in [-0.4, -0.2) is 10.6 Å². The van der Waals surface area contributed by atoms with Crippen molar-refractivity contribution in [1.29, 1.82) is 0 Å². The molecule has 3 heteroatoms. The van der Waals surface area contributed by atoms with Crippen molar-refractivity contribution >= 4 is 10.9 Å². The van der Waals surface area contributed by atoms with Gasteiger partial charge in [0.2, 0.25) is 0 Å². The average molecular weight is 243 g/mol. The van der Waals surface area contributed by atoms with Crippen LogP contribution in [0.5, 0.6) is 0 Å². The van der Waals surface area contributed by atoms with Crippen molar-refractivity contribution in [3.8, 4) is 0 Å². The molecule has 0 aliphatic heterocycles. The quantitative estimate of drug-likeness (QED) is 0.846. The molecule has 0 spiro atoms. The van der Waals surface area contributed by atoms with Gasteiger partial charge in [0.25, 0.3) is 0 Å². The largest absolute Gasteiger partial charge is 0.347 e. The molecule has 0 amide bonds. The number of benzene rings is 1. The van der Waals surface area contributed by atoms with Crippen LogP contribution >= 0.6 is 0 Å². The summed E-state index contributed by atoms with van der Waals surface area (Å²) in [6.07, 6.45) is 4.95. The zero-order chi connectivity index (χ0) is 12.5. The van der Waals surface area contributed by atoms with E-state index in [0.717, 1.165) is 19.1 Å². The fourth-order valence-corrected chi connectivity index (χ4v) is 2.49. The number of fused-ring (bicyclic) bond motifs is 1. The lowest BCUT2D eigenvalue weighted by atomic mass is 10.1. The molecule has 1 heterocycles. The Labute approximate surface area is 108 Å². The summed E-state index contributed by atoms with van der Waals surface area (Å²) in [6.45, 7) is 4.79. The maximum atomic E-state index is 5.74. The molecule has 1 saturated carbocycles. The number of aryl methyl sites for hydroxylation is 1. The predicted molar refractivity (Wildman–Crippen MR) is 75.4 cm³/mol. The summed E-state index contributed by atoms with van der Waals surface area (Å²) >= 11 is 0. The molecule has 3 nitrogen and oxygen atoms in total. The maximum Gasteiger partial charge on any atom is 0.0483 e. The highest BCUT2D eigenvalue weighted by Crippen LogP contribution is 2.25. The molecule has 0 bridgehead atoms. The Kier molecular flexibility index (Phi) is 3.10. The highest BCUT2D eigenvalue weighted by Gasteiger charge is 2.20. The van der Waals surface area contributed by atoms with Crippen LogP contribution in [0.2, 0.25) is 0 Å². The van der Waals surface area contributed by atoms with Gasteiger partial charge in [-0.25, -0.2) is 0 Å². The lowest BCUT2D eigenvalue weighted by Gasteiger charge is -2.03. The van der Waals surface area contributed by atoms with Crippen LogP contribution in [-0.2, 0) is 19.6 Å². The van der Waals surface area contributed by atoms with Gasteiger partial charge < -0.3 is 15.6 Å². The van der Waals surface area contributed by atoms with E-state index in [1.165, 1.54) is 34.9 Å². The molecular weight excluding hydrogens is 222 g/mol. The molecule has 3 rings (SSSR count). The minimum Gasteiger partial charge on any atom is -0.347 e. The lowest BCUT2D eigenvalue weighted by molar-refractivity contribution is 0.686. The summed E-state index contributed by atoms with van der Waals surface area (Å²) in [7, 11) is 0. The molecule has 0 atom stereocenters. The van der Waals surface area contributed by atoms with E-state index >= 15 is 0 Å². The van der Waals surface area contributed by atoms with E-state index in [9.17, 15) is 0 Å². The molecular formula is C15H21N3. The third-order valence-electron chi connectivity index (χ3n) is 3.76. The second-order valence-corrected chi connectivity index (χ2v) is 5.15. The van der Waals surface area contributed by atoms with Gasteiger partial charge in [-0.05, 0) is 43.0 Å². The Hall–Kier alpha value is -1.32. The first kappa shape index (κ1) is 11.8. The van der Waals surface area contributed by atoms with Crippen LogP contribution in [0.15, 0.2) is 24.4 Å². The second-order valence-electron chi connectivity index (χ2n) is 5.15. The monoisotopic (exact) mass is 243 g/mol. The molecule has 0 radical (unpaired) electrons. The number of aromatic nitrogens is 1. The standard InChI is InChI=1S/C15H21N3/c1-2-18-10-12(9-17-13-4-5-13)14-7-11(8-16)3-6-15(14)18/h3,6-7,10,13,17H,2,4-5,8-9,16H2,1H3. The summed E-state index contributed by atoms with van der Waals surface area (Å²) in [6, 6.07) is 7.32. The molecule has 18 heavy (non-hydrogen) atoms. The third-order valence-corrected chi connectivity index (χ3v) is 3.76. The van der Waals surface area contributed by atoms with Crippen LogP contribution in [0.3, 0.4) is 0 Å². The van der Waals surface area contributed by atoms with Gasteiger partial charge in [0, 0.05) is 42.8 Å². The predicted octanol–water partition coefficient (Wildman–Crippen LogP) is 2.37. The summed E-state index contributed by atoms with van der Waals surface area (Å²) in [4.78, 5) is 0. The van der Waals surface area contributed by atoms with Gasteiger partial charge in [0.1, 0.15) is 0 Å². The van der Waals surface area contributed by atoms with Gasteiger partial charge in [-0.15, -0.1) is 0 Å². The first-order chi connectivity index (χ1) is 8.81. The number of hydrogen-bond acceptors (Lipinski definition) is 2. The highest BCUT2D eigenvalue weighted by atomic mass is 15.0. The molecule has 1 fully saturated rings. The molecule has 1 aliphatic rings. The number of rotatable bonds is 5. The minimum atomic E-state index is 0.614. The van der Waals surface area contributed by atoms with E-state index in [1.807, 2.05) is 0 Å². The van der Waals surface area contributed by atoms with E-state index in [2.05, 4.69) is 41.2 Å². The summed E-state index contributed by atoms with van der Waals surface area (Å²) in [5.74, 6) is 0. The van der Waals surface area contributed by atoms with E-state index in [4.69, 9.17) is 5.73 Å². The van der Waals surface area contributed by atoms with Gasteiger partial charge in [-0.3, -0.25) is 0 Å². The summed E-state index contributed by atoms with van der Waals surface area (Å²) in [5, 5.41) is 4.95. The number of nitrogens with zero attached hydrogens (tertiary/aromatic N) is 1. The van der Waals surface area contributed by atoms with Crippen LogP contribution in [0.25, 0.3) is 10.9 Å². The number of hydrogen-bond donors (Lipinski definition) is 2. The van der Waals surface area contributed by atoms with E-state index in [-0.39, 0.29) is 0 Å². The zero-order valence-corrected chi connectivity index (χ0v) is 10.9. The van der Waals surface area contributed by atoms with Crippen molar-refractivity contribution in [2.45, 2.75) is 45.4 Å². The molecule has 1 aromatic heterocycles. The molecule has 1 aromatic carbocycles. The number of nitrogens with one attached hydrogen (secondary N) is 1. The average Bonchev–Trinajstić information content (AvgIpc) is 3.17. The molecule has 3 N–H and O–H groups in total. The Morgan fingerprint density at radius 3 is 2.89 bits per heavy atom. The van der Waals surface area contributed by atoms with Gasteiger partial charge in [0.05, 0.1) is 0 Å². The number of nitrogens with two attached hydrogens (primary N) is 1. The van der Waals surface area contributed by atoms with Crippen LogP contribution in [0.1, 0.15) is 30.9 Å². The van der Waals surface area contributed by atoms with Crippen LogP contribution in [0.4, 0.5) is 0 Å². The fraction of sp³-hybridized carbons (Fsp3) is 0.467.